The molecule has 16 heavy (non-hydrogen) atoms. The zero-order valence-electron chi connectivity index (χ0n) is 9.61. The monoisotopic (exact) mass is 221 g/mol. The second kappa shape index (κ2) is 4.05. The van der Waals surface area contributed by atoms with E-state index in [0.29, 0.717) is 29.6 Å². The SMILES string of the molecule is Cc1nc2c(C)nc(NCC(C)N)nc2o1. The third-order valence-electron chi connectivity index (χ3n) is 2.12. The summed E-state index contributed by atoms with van der Waals surface area (Å²) in [5.74, 6) is 1.12. The minimum atomic E-state index is 0.0519. The zero-order chi connectivity index (χ0) is 11.7. The third kappa shape index (κ3) is 2.11. The fourth-order valence-corrected chi connectivity index (χ4v) is 1.39. The first-order valence-corrected chi connectivity index (χ1v) is 5.17. The number of oxazole rings is 1. The number of aryl methyl sites for hydroxylation is 2. The van der Waals surface area contributed by atoms with Gasteiger partial charge in [-0.05, 0) is 13.8 Å². The molecule has 2 aromatic rings. The van der Waals surface area contributed by atoms with Gasteiger partial charge < -0.3 is 15.5 Å². The van der Waals surface area contributed by atoms with Crippen molar-refractivity contribution in [2.24, 2.45) is 5.73 Å². The molecule has 0 aliphatic carbocycles. The molecule has 0 saturated heterocycles. The molecule has 2 heterocycles. The first-order valence-electron chi connectivity index (χ1n) is 5.17. The number of anilines is 1. The predicted molar refractivity (Wildman–Crippen MR) is 61.2 cm³/mol. The van der Waals surface area contributed by atoms with Gasteiger partial charge in [0.15, 0.2) is 11.4 Å². The van der Waals surface area contributed by atoms with Crippen LogP contribution in [-0.2, 0) is 0 Å². The second-order valence-electron chi connectivity index (χ2n) is 3.88. The van der Waals surface area contributed by atoms with Crippen molar-refractivity contribution in [3.8, 4) is 0 Å². The number of aromatic nitrogens is 3. The molecule has 0 aliphatic heterocycles. The fraction of sp³-hybridized carbons (Fsp3) is 0.500. The van der Waals surface area contributed by atoms with E-state index in [-0.39, 0.29) is 6.04 Å². The molecule has 0 saturated carbocycles. The molecule has 2 rings (SSSR count). The molecular formula is C10H15N5O. The number of nitrogens with one attached hydrogen (secondary N) is 1. The van der Waals surface area contributed by atoms with Crippen LogP contribution in [0.2, 0.25) is 0 Å². The standard InChI is InChI=1S/C10H15N5O/c1-5(11)4-12-10-13-6(2)8-9(15-10)16-7(3)14-8/h5H,4,11H2,1-3H3,(H,12,13,15). The van der Waals surface area contributed by atoms with Gasteiger partial charge in [0.2, 0.25) is 5.95 Å². The lowest BCUT2D eigenvalue weighted by molar-refractivity contribution is 0.551. The summed E-state index contributed by atoms with van der Waals surface area (Å²) in [5, 5.41) is 3.05. The van der Waals surface area contributed by atoms with Crippen molar-refractivity contribution in [1.82, 2.24) is 15.0 Å². The van der Waals surface area contributed by atoms with Crippen molar-refractivity contribution >= 4 is 17.2 Å². The lowest BCUT2D eigenvalue weighted by atomic mass is 10.3. The van der Waals surface area contributed by atoms with Crippen LogP contribution in [0, 0.1) is 13.8 Å². The van der Waals surface area contributed by atoms with Gasteiger partial charge in [0.05, 0.1) is 5.69 Å². The average Bonchev–Trinajstić information content (AvgIpc) is 2.56. The highest BCUT2D eigenvalue weighted by Gasteiger charge is 2.10. The van der Waals surface area contributed by atoms with E-state index in [1.165, 1.54) is 0 Å². The van der Waals surface area contributed by atoms with Gasteiger partial charge in [0.1, 0.15) is 0 Å². The molecule has 0 aliphatic rings. The maximum absolute atomic E-state index is 5.64. The number of rotatable bonds is 3. The van der Waals surface area contributed by atoms with E-state index in [9.17, 15) is 0 Å². The lowest BCUT2D eigenvalue weighted by Crippen LogP contribution is -2.26. The van der Waals surface area contributed by atoms with Crippen molar-refractivity contribution in [3.63, 3.8) is 0 Å². The van der Waals surface area contributed by atoms with Gasteiger partial charge in [-0.3, -0.25) is 0 Å². The van der Waals surface area contributed by atoms with Crippen LogP contribution in [0.4, 0.5) is 5.95 Å². The average molecular weight is 221 g/mol. The highest BCUT2D eigenvalue weighted by atomic mass is 16.4. The number of hydrogen-bond donors (Lipinski definition) is 2. The first kappa shape index (κ1) is 10.8. The van der Waals surface area contributed by atoms with Gasteiger partial charge in [-0.25, -0.2) is 9.97 Å². The van der Waals surface area contributed by atoms with E-state index in [1.807, 2.05) is 13.8 Å². The molecule has 0 bridgehead atoms. The molecule has 2 aromatic heterocycles. The molecule has 3 N–H and O–H groups in total. The van der Waals surface area contributed by atoms with E-state index in [4.69, 9.17) is 10.2 Å². The van der Waals surface area contributed by atoms with Crippen LogP contribution in [0.3, 0.4) is 0 Å². The zero-order valence-corrected chi connectivity index (χ0v) is 9.61. The summed E-state index contributed by atoms with van der Waals surface area (Å²) in [5.41, 5.74) is 7.66. The minimum absolute atomic E-state index is 0.0519. The van der Waals surface area contributed by atoms with Crippen molar-refractivity contribution < 1.29 is 4.42 Å². The van der Waals surface area contributed by atoms with Crippen LogP contribution in [0.15, 0.2) is 4.42 Å². The highest BCUT2D eigenvalue weighted by molar-refractivity contribution is 5.72. The Bertz CT molecular complexity index is 505. The Kier molecular flexibility index (Phi) is 2.74. The number of hydrogen-bond acceptors (Lipinski definition) is 6. The third-order valence-corrected chi connectivity index (χ3v) is 2.12. The summed E-state index contributed by atoms with van der Waals surface area (Å²) >= 11 is 0. The Balaban J connectivity index is 2.33. The number of nitrogens with two attached hydrogens (primary N) is 1. The lowest BCUT2D eigenvalue weighted by Gasteiger charge is -2.07. The van der Waals surface area contributed by atoms with Gasteiger partial charge in [-0.1, -0.05) is 0 Å². The molecule has 0 aromatic carbocycles. The quantitative estimate of drug-likeness (QED) is 0.803. The Morgan fingerprint density at radius 2 is 2.06 bits per heavy atom. The summed E-state index contributed by atoms with van der Waals surface area (Å²) in [4.78, 5) is 12.7. The first-order chi connectivity index (χ1) is 7.56. The van der Waals surface area contributed by atoms with Crippen LogP contribution >= 0.6 is 0 Å². The van der Waals surface area contributed by atoms with Crippen molar-refractivity contribution in [1.29, 1.82) is 0 Å². The van der Waals surface area contributed by atoms with Crippen LogP contribution in [-0.4, -0.2) is 27.5 Å². The molecule has 6 heteroatoms. The maximum Gasteiger partial charge on any atom is 0.252 e. The summed E-state index contributed by atoms with van der Waals surface area (Å²) < 4.78 is 5.36. The van der Waals surface area contributed by atoms with E-state index in [2.05, 4.69) is 20.3 Å². The molecule has 0 spiro atoms. The van der Waals surface area contributed by atoms with Crippen LogP contribution in [0.1, 0.15) is 18.5 Å². The molecule has 6 nitrogen and oxygen atoms in total. The van der Waals surface area contributed by atoms with Gasteiger partial charge in [-0.15, -0.1) is 0 Å². The van der Waals surface area contributed by atoms with Gasteiger partial charge in [0, 0.05) is 19.5 Å². The Labute approximate surface area is 93.3 Å². The maximum atomic E-state index is 5.64. The van der Waals surface area contributed by atoms with Crippen LogP contribution < -0.4 is 11.1 Å². The van der Waals surface area contributed by atoms with E-state index in [1.54, 1.807) is 6.92 Å². The Morgan fingerprint density at radius 1 is 1.31 bits per heavy atom. The van der Waals surface area contributed by atoms with Gasteiger partial charge >= 0.3 is 0 Å². The summed E-state index contributed by atoms with van der Waals surface area (Å²) in [6.07, 6.45) is 0. The number of nitrogens with zero attached hydrogens (tertiary/aromatic N) is 3. The largest absolute Gasteiger partial charge is 0.422 e. The van der Waals surface area contributed by atoms with Gasteiger partial charge in [-0.2, -0.15) is 4.98 Å². The van der Waals surface area contributed by atoms with E-state index >= 15 is 0 Å². The highest BCUT2D eigenvalue weighted by Crippen LogP contribution is 2.17. The number of fused-ring (bicyclic) bond motifs is 1. The summed E-state index contributed by atoms with van der Waals surface area (Å²) in [6.45, 7) is 6.20. The normalized spacial score (nSPS) is 13.0. The molecule has 1 unspecified atom stereocenters. The van der Waals surface area contributed by atoms with Crippen LogP contribution in [0.5, 0.6) is 0 Å². The molecular weight excluding hydrogens is 206 g/mol. The summed E-state index contributed by atoms with van der Waals surface area (Å²) in [7, 11) is 0. The molecule has 0 fully saturated rings. The molecule has 1 atom stereocenters. The van der Waals surface area contributed by atoms with E-state index in [0.717, 1.165) is 5.69 Å². The Morgan fingerprint density at radius 3 is 2.75 bits per heavy atom. The predicted octanol–water partition coefficient (Wildman–Crippen LogP) is 0.994. The summed E-state index contributed by atoms with van der Waals surface area (Å²) in [6, 6.07) is 0.0519. The van der Waals surface area contributed by atoms with Gasteiger partial charge in [0.25, 0.3) is 5.71 Å². The van der Waals surface area contributed by atoms with Crippen molar-refractivity contribution in [3.05, 3.63) is 11.6 Å². The van der Waals surface area contributed by atoms with Crippen LogP contribution in [0.25, 0.3) is 11.2 Å². The topological polar surface area (TPSA) is 89.9 Å². The van der Waals surface area contributed by atoms with Crippen molar-refractivity contribution in [2.45, 2.75) is 26.8 Å². The molecule has 0 amide bonds. The molecule has 86 valence electrons. The smallest absolute Gasteiger partial charge is 0.252 e. The second-order valence-corrected chi connectivity index (χ2v) is 3.88. The minimum Gasteiger partial charge on any atom is -0.422 e. The Hall–Kier alpha value is -1.69. The molecule has 0 radical (unpaired) electrons. The van der Waals surface area contributed by atoms with Crippen molar-refractivity contribution in [2.75, 3.05) is 11.9 Å². The van der Waals surface area contributed by atoms with E-state index < -0.39 is 0 Å². The fourth-order valence-electron chi connectivity index (χ4n) is 1.39.